The Kier molecular flexibility index (Phi) is 12.2. The average Bonchev–Trinajstić information content (AvgIpc) is 3.79. The zero-order valence-electron chi connectivity index (χ0n) is 44.9. The van der Waals surface area contributed by atoms with Gasteiger partial charge in [-0.25, -0.2) is 0 Å². The van der Waals surface area contributed by atoms with Crippen LogP contribution in [0.5, 0.6) is 0 Å². The molecule has 1 aromatic heterocycles. The molecule has 3 heteroatoms. The molecule has 3 nitrogen and oxygen atoms in total. The Morgan fingerprint density at radius 1 is 0.329 bits per heavy atom. The number of hydrogen-bond acceptors (Lipinski definition) is 3. The Labute approximate surface area is 448 Å². The molecule has 11 aromatic carbocycles. The molecule has 0 saturated carbocycles. The molecule has 0 aliphatic rings. The molecule has 0 spiro atoms. The van der Waals surface area contributed by atoms with Gasteiger partial charge in [-0.15, -0.1) is 0 Å². The van der Waals surface area contributed by atoms with Crippen molar-refractivity contribution in [2.45, 2.75) is 72.1 Å². The quantitative estimate of drug-likeness (QED) is 0.136. The molecule has 12 aromatic rings. The summed E-state index contributed by atoms with van der Waals surface area (Å²) in [6, 6.07) is 87.1. The minimum atomic E-state index is 0.0640. The molecule has 12 rings (SSSR count). The first-order chi connectivity index (χ1) is 36.7. The third-order valence-corrected chi connectivity index (χ3v) is 15.3. The zero-order chi connectivity index (χ0) is 52.3. The summed E-state index contributed by atoms with van der Waals surface area (Å²) >= 11 is 0. The highest BCUT2D eigenvalue weighted by Crippen LogP contribution is 2.46. The van der Waals surface area contributed by atoms with E-state index in [-0.39, 0.29) is 10.8 Å². The van der Waals surface area contributed by atoms with Gasteiger partial charge in [0.05, 0.1) is 11.4 Å². The Bertz CT molecular complexity index is 4060. The van der Waals surface area contributed by atoms with E-state index >= 15 is 0 Å². The van der Waals surface area contributed by atoms with Gasteiger partial charge in [-0.1, -0.05) is 207 Å². The van der Waals surface area contributed by atoms with Crippen molar-refractivity contribution in [3.8, 4) is 33.4 Å². The van der Waals surface area contributed by atoms with Crippen LogP contribution in [0.25, 0.3) is 76.9 Å². The normalized spacial score (nSPS) is 12.1. The van der Waals surface area contributed by atoms with E-state index in [1.54, 1.807) is 0 Å². The van der Waals surface area contributed by atoms with Crippen molar-refractivity contribution in [3.63, 3.8) is 0 Å². The molecule has 0 saturated heterocycles. The number of para-hydroxylation sites is 2. The maximum atomic E-state index is 6.89. The predicted molar refractivity (Wildman–Crippen MR) is 326 cm³/mol. The van der Waals surface area contributed by atoms with Crippen molar-refractivity contribution in [1.82, 2.24) is 0 Å². The van der Waals surface area contributed by atoms with E-state index in [4.69, 9.17) is 4.42 Å². The number of furan rings is 1. The molecule has 0 radical (unpaired) electrons. The first-order valence-electron chi connectivity index (χ1n) is 26.8. The highest BCUT2D eigenvalue weighted by atomic mass is 16.3. The van der Waals surface area contributed by atoms with Gasteiger partial charge >= 0.3 is 0 Å². The Morgan fingerprint density at radius 2 is 0.711 bits per heavy atom. The molecule has 0 fully saturated rings. The summed E-state index contributed by atoms with van der Waals surface area (Å²) in [6.07, 6.45) is 0. The molecule has 1 heterocycles. The fraction of sp³-hybridized carbons (Fsp3) is 0.151. The molecule has 76 heavy (non-hydrogen) atoms. The molecule has 0 bridgehead atoms. The molecule has 0 aliphatic heterocycles. The van der Waals surface area contributed by atoms with Crippen LogP contribution in [0.3, 0.4) is 0 Å². The predicted octanol–water partition coefficient (Wildman–Crippen LogP) is 21.6. The van der Waals surface area contributed by atoms with Crippen LogP contribution >= 0.6 is 0 Å². The molecule has 0 aliphatic carbocycles. The number of hydrogen-bond donors (Lipinski definition) is 0. The first kappa shape index (κ1) is 48.3. The van der Waals surface area contributed by atoms with Gasteiger partial charge in [0.25, 0.3) is 0 Å². The minimum absolute atomic E-state index is 0.0640. The number of benzene rings is 11. The highest BCUT2D eigenvalue weighted by molar-refractivity contribution is 6.14. The lowest BCUT2D eigenvalue weighted by Crippen LogP contribution is -2.12. The lowest BCUT2D eigenvalue weighted by Gasteiger charge is -2.28. The summed E-state index contributed by atoms with van der Waals surface area (Å²) in [5, 5.41) is 6.77. The van der Waals surface area contributed by atoms with E-state index < -0.39 is 0 Å². The zero-order valence-corrected chi connectivity index (χ0v) is 44.9. The van der Waals surface area contributed by atoms with Crippen molar-refractivity contribution in [2.75, 3.05) is 9.80 Å². The molecule has 0 atom stereocenters. The van der Waals surface area contributed by atoms with E-state index in [1.165, 1.54) is 50.1 Å². The van der Waals surface area contributed by atoms with Gasteiger partial charge in [0.15, 0.2) is 0 Å². The number of fused-ring (bicyclic) bond motifs is 5. The van der Waals surface area contributed by atoms with Crippen molar-refractivity contribution in [3.05, 3.63) is 253 Å². The van der Waals surface area contributed by atoms with Crippen LogP contribution < -0.4 is 9.80 Å². The largest absolute Gasteiger partial charge is 0.456 e. The second-order valence-corrected chi connectivity index (χ2v) is 22.9. The van der Waals surface area contributed by atoms with Crippen LogP contribution in [-0.2, 0) is 10.8 Å². The summed E-state index contributed by atoms with van der Waals surface area (Å²) in [5.74, 6) is 0.436. The second-order valence-electron chi connectivity index (χ2n) is 22.9. The molecule has 0 amide bonds. The topological polar surface area (TPSA) is 19.6 Å². The van der Waals surface area contributed by atoms with Crippen molar-refractivity contribution in [1.29, 1.82) is 0 Å². The second kappa shape index (κ2) is 19.2. The SMILES string of the molecule is CC(C)c1ccc(N(c2ccc3cc4c(cc3c2)oc2cc3cc(N(c5ccc(-c6ccccc6)cc5)c5ccccc5-c5ccc(C(C)(C)C)cc5)ccc3cc24)c2ccccc2-c2ccc(C(C)(C)C)cc2)cc1. The van der Waals surface area contributed by atoms with E-state index in [0.717, 1.165) is 77.6 Å². The average molecular weight is 985 g/mol. The van der Waals surface area contributed by atoms with Crippen LogP contribution in [0.4, 0.5) is 34.1 Å². The van der Waals surface area contributed by atoms with Gasteiger partial charge in [0.1, 0.15) is 11.2 Å². The first-order valence-corrected chi connectivity index (χ1v) is 26.8. The van der Waals surface area contributed by atoms with Crippen LogP contribution in [0.15, 0.2) is 241 Å². The lowest BCUT2D eigenvalue weighted by molar-refractivity contribution is 0.590. The van der Waals surface area contributed by atoms with Crippen LogP contribution in [0.1, 0.15) is 78.0 Å². The molecule has 0 N–H and O–H groups in total. The fourth-order valence-corrected chi connectivity index (χ4v) is 10.9. The van der Waals surface area contributed by atoms with Crippen LogP contribution in [0, 0.1) is 0 Å². The lowest BCUT2D eigenvalue weighted by atomic mass is 9.86. The Hall–Kier alpha value is -8.66. The number of anilines is 6. The van der Waals surface area contributed by atoms with Gasteiger partial charge in [0.2, 0.25) is 0 Å². The Morgan fingerprint density at radius 3 is 1.14 bits per heavy atom. The maximum absolute atomic E-state index is 6.89. The van der Waals surface area contributed by atoms with E-state index in [9.17, 15) is 0 Å². The summed E-state index contributed by atoms with van der Waals surface area (Å²) in [6.45, 7) is 18.1. The summed E-state index contributed by atoms with van der Waals surface area (Å²) < 4.78 is 6.89. The van der Waals surface area contributed by atoms with Crippen molar-refractivity contribution in [2.24, 2.45) is 0 Å². The molecular formula is C73H64N2O. The minimum Gasteiger partial charge on any atom is -0.456 e. The van der Waals surface area contributed by atoms with E-state index in [0.29, 0.717) is 5.92 Å². The highest BCUT2D eigenvalue weighted by Gasteiger charge is 2.23. The smallest absolute Gasteiger partial charge is 0.136 e. The number of rotatable bonds is 10. The number of nitrogens with zero attached hydrogens (tertiary/aromatic N) is 2. The maximum Gasteiger partial charge on any atom is 0.136 e. The van der Waals surface area contributed by atoms with Gasteiger partial charge in [-0.05, 0) is 162 Å². The van der Waals surface area contributed by atoms with Gasteiger partial charge in [-0.3, -0.25) is 0 Å². The summed E-state index contributed by atoms with van der Waals surface area (Å²) in [5.41, 5.74) is 19.5. The van der Waals surface area contributed by atoms with Gasteiger partial charge in [-0.2, -0.15) is 0 Å². The van der Waals surface area contributed by atoms with E-state index in [1.807, 2.05) is 0 Å². The van der Waals surface area contributed by atoms with Crippen molar-refractivity contribution < 1.29 is 4.42 Å². The third kappa shape index (κ3) is 9.21. The molecule has 0 unspecified atom stereocenters. The standard InChI is InChI=1S/C73H64N2O/c1-48(2)49-26-36-60(37-27-49)74(68-20-14-12-18-64(68)52-22-32-58(33-23-52)72(3,4)5)62-40-30-54-44-66-67-45-55-31-41-63(43-57(55)47-71(67)76-70(66)46-56(54)42-62)75(61-38-28-51(29-39-61)50-16-10-9-11-17-50)69-21-15-13-19-65(69)53-24-34-59(35-25-53)73(6,7)8/h9-48H,1-8H3. The summed E-state index contributed by atoms with van der Waals surface area (Å²) in [4.78, 5) is 4.81. The van der Waals surface area contributed by atoms with Crippen molar-refractivity contribution >= 4 is 77.6 Å². The van der Waals surface area contributed by atoms with Gasteiger partial charge < -0.3 is 14.2 Å². The third-order valence-electron chi connectivity index (χ3n) is 15.3. The summed E-state index contributed by atoms with van der Waals surface area (Å²) in [7, 11) is 0. The van der Waals surface area contributed by atoms with Gasteiger partial charge in [0, 0.05) is 44.6 Å². The molecular weight excluding hydrogens is 921 g/mol. The molecule has 372 valence electrons. The van der Waals surface area contributed by atoms with Crippen LogP contribution in [-0.4, -0.2) is 0 Å². The Balaban J connectivity index is 0.954. The fourth-order valence-electron chi connectivity index (χ4n) is 10.9. The van der Waals surface area contributed by atoms with Crippen LogP contribution in [0.2, 0.25) is 0 Å². The van der Waals surface area contributed by atoms with E-state index in [2.05, 4.69) is 302 Å². The monoisotopic (exact) mass is 985 g/mol.